The zero-order valence-corrected chi connectivity index (χ0v) is 12.0. The predicted octanol–water partition coefficient (Wildman–Crippen LogP) is 3.42. The molecular formula is C14H19F2NOS. The Kier molecular flexibility index (Phi) is 5.38. The summed E-state index contributed by atoms with van der Waals surface area (Å²) in [5.74, 6) is -1.39. The van der Waals surface area contributed by atoms with Crippen molar-refractivity contribution in [3.8, 4) is 0 Å². The number of benzene rings is 1. The summed E-state index contributed by atoms with van der Waals surface area (Å²) in [5.41, 5.74) is 0.538. The third-order valence-electron chi connectivity index (χ3n) is 3.09. The summed E-state index contributed by atoms with van der Waals surface area (Å²) in [5, 5.41) is 5.45. The van der Waals surface area contributed by atoms with Gasteiger partial charge in [0, 0.05) is 6.07 Å². The van der Waals surface area contributed by atoms with Gasteiger partial charge in [-0.1, -0.05) is 6.08 Å². The van der Waals surface area contributed by atoms with Gasteiger partial charge in [-0.15, -0.1) is 6.58 Å². The number of allylic oxidation sites excluding steroid dienone is 1. The third-order valence-corrected chi connectivity index (χ3v) is 4.35. The minimum Gasteiger partial charge on any atom is -0.251 e. The number of hydrogen-bond acceptors (Lipinski definition) is 1. The molecule has 0 heterocycles. The van der Waals surface area contributed by atoms with Crippen LogP contribution in [0.15, 0.2) is 30.9 Å². The summed E-state index contributed by atoms with van der Waals surface area (Å²) in [6, 6.07) is 3.43. The highest BCUT2D eigenvalue weighted by molar-refractivity contribution is 7.84. The van der Waals surface area contributed by atoms with E-state index in [-0.39, 0.29) is 5.92 Å². The number of nitrogens with two attached hydrogens (primary N) is 1. The molecule has 0 aromatic heterocycles. The van der Waals surface area contributed by atoms with Gasteiger partial charge in [0.15, 0.2) is 0 Å². The summed E-state index contributed by atoms with van der Waals surface area (Å²) in [6.07, 6.45) is 2.69. The van der Waals surface area contributed by atoms with E-state index in [0.29, 0.717) is 18.4 Å². The van der Waals surface area contributed by atoms with Crippen molar-refractivity contribution < 1.29 is 13.0 Å². The molecule has 0 saturated carbocycles. The second-order valence-corrected chi connectivity index (χ2v) is 6.89. The lowest BCUT2D eigenvalue weighted by Crippen LogP contribution is -2.33. The molecule has 0 aliphatic carbocycles. The maximum absolute atomic E-state index is 13.3. The van der Waals surface area contributed by atoms with Crippen LogP contribution in [-0.4, -0.2) is 8.96 Å². The molecule has 19 heavy (non-hydrogen) atoms. The fourth-order valence-corrected chi connectivity index (χ4v) is 2.39. The first-order valence-corrected chi connectivity index (χ1v) is 7.20. The Hall–Kier alpha value is -1.07. The zero-order valence-electron chi connectivity index (χ0n) is 11.2. The van der Waals surface area contributed by atoms with Gasteiger partial charge in [-0.05, 0) is 50.3 Å². The molecule has 0 amide bonds. The molecule has 2 N–H and O–H groups in total. The molecule has 1 rings (SSSR count). The molecule has 2 atom stereocenters. The van der Waals surface area contributed by atoms with Crippen LogP contribution < -0.4 is 5.14 Å². The molecule has 0 spiro atoms. The minimum atomic E-state index is -1.51. The summed E-state index contributed by atoms with van der Waals surface area (Å²) in [7, 11) is -1.51. The first-order valence-electron chi connectivity index (χ1n) is 5.99. The summed E-state index contributed by atoms with van der Waals surface area (Å²) in [4.78, 5) is 0. The molecular weight excluding hydrogens is 268 g/mol. The monoisotopic (exact) mass is 287 g/mol. The SMILES string of the molecule is C=CC[C@@H](CC(C)(C)S(N)=O)c1cc(F)cc(F)c1. The highest BCUT2D eigenvalue weighted by atomic mass is 32.2. The summed E-state index contributed by atoms with van der Waals surface area (Å²) < 4.78 is 37.4. The quantitative estimate of drug-likeness (QED) is 0.800. The highest BCUT2D eigenvalue weighted by Crippen LogP contribution is 2.32. The van der Waals surface area contributed by atoms with Crippen molar-refractivity contribution in [1.82, 2.24) is 0 Å². The summed E-state index contributed by atoms with van der Waals surface area (Å²) in [6.45, 7) is 7.20. The lowest BCUT2D eigenvalue weighted by atomic mass is 9.87. The highest BCUT2D eigenvalue weighted by Gasteiger charge is 2.28. The van der Waals surface area contributed by atoms with E-state index in [0.717, 1.165) is 6.07 Å². The molecule has 1 aromatic carbocycles. The molecule has 0 aliphatic heterocycles. The molecule has 1 aromatic rings. The van der Waals surface area contributed by atoms with Gasteiger partial charge in [0.25, 0.3) is 0 Å². The van der Waals surface area contributed by atoms with E-state index in [2.05, 4.69) is 6.58 Å². The zero-order chi connectivity index (χ0) is 14.6. The van der Waals surface area contributed by atoms with Gasteiger partial charge in [0.1, 0.15) is 11.6 Å². The minimum absolute atomic E-state index is 0.162. The third kappa shape index (κ3) is 4.51. The van der Waals surface area contributed by atoms with E-state index in [1.807, 2.05) is 0 Å². The van der Waals surface area contributed by atoms with Crippen molar-refractivity contribution in [3.05, 3.63) is 48.1 Å². The number of halogens is 2. The van der Waals surface area contributed by atoms with E-state index in [9.17, 15) is 13.0 Å². The lowest BCUT2D eigenvalue weighted by molar-refractivity contribution is 0.511. The van der Waals surface area contributed by atoms with Gasteiger partial charge in [0.05, 0.1) is 15.7 Å². The average Bonchev–Trinajstić information content (AvgIpc) is 2.26. The predicted molar refractivity (Wildman–Crippen MR) is 74.9 cm³/mol. The Bertz CT molecular complexity index is 468. The average molecular weight is 287 g/mol. The van der Waals surface area contributed by atoms with Crippen LogP contribution in [0.5, 0.6) is 0 Å². The standard InChI is InChI=1S/C14H19F2NOS/c1-4-5-10(9-14(2,3)19(17)18)11-6-12(15)8-13(16)7-11/h4,6-8,10H,1,5,9,17H2,2-3H3/t10-,19?/m0/s1. The van der Waals surface area contributed by atoms with Gasteiger partial charge in [0.2, 0.25) is 0 Å². The molecule has 0 fully saturated rings. The maximum atomic E-state index is 13.3. The normalized spacial score (nSPS) is 15.0. The number of hydrogen-bond donors (Lipinski definition) is 1. The van der Waals surface area contributed by atoms with Gasteiger partial charge >= 0.3 is 0 Å². The smallest absolute Gasteiger partial charge is 0.126 e. The van der Waals surface area contributed by atoms with Crippen molar-refractivity contribution in [3.63, 3.8) is 0 Å². The molecule has 106 valence electrons. The second kappa shape index (κ2) is 6.39. The van der Waals surface area contributed by atoms with Gasteiger partial charge in [-0.3, -0.25) is 5.14 Å². The van der Waals surface area contributed by atoms with Crippen molar-refractivity contribution in [1.29, 1.82) is 0 Å². The largest absolute Gasteiger partial charge is 0.251 e. The summed E-state index contributed by atoms with van der Waals surface area (Å²) >= 11 is 0. The van der Waals surface area contributed by atoms with Crippen LogP contribution in [-0.2, 0) is 11.0 Å². The van der Waals surface area contributed by atoms with E-state index in [1.54, 1.807) is 19.9 Å². The van der Waals surface area contributed by atoms with Crippen LogP contribution in [0, 0.1) is 11.6 Å². The molecule has 2 nitrogen and oxygen atoms in total. The second-order valence-electron chi connectivity index (χ2n) is 5.19. The Morgan fingerprint density at radius 1 is 1.37 bits per heavy atom. The van der Waals surface area contributed by atoms with Crippen molar-refractivity contribution in [2.45, 2.75) is 37.4 Å². The molecule has 0 bridgehead atoms. The van der Waals surface area contributed by atoms with Crippen molar-refractivity contribution in [2.24, 2.45) is 5.14 Å². The van der Waals surface area contributed by atoms with Crippen LogP contribution in [0.3, 0.4) is 0 Å². The topological polar surface area (TPSA) is 43.1 Å². The fourth-order valence-electron chi connectivity index (χ4n) is 2.02. The van der Waals surface area contributed by atoms with Gasteiger partial charge < -0.3 is 0 Å². The van der Waals surface area contributed by atoms with Crippen LogP contribution in [0.1, 0.15) is 38.2 Å². The van der Waals surface area contributed by atoms with Gasteiger partial charge in [-0.25, -0.2) is 13.0 Å². The Morgan fingerprint density at radius 2 is 1.89 bits per heavy atom. The Morgan fingerprint density at radius 3 is 2.32 bits per heavy atom. The van der Waals surface area contributed by atoms with E-state index in [1.165, 1.54) is 12.1 Å². The van der Waals surface area contributed by atoms with E-state index >= 15 is 0 Å². The van der Waals surface area contributed by atoms with E-state index < -0.39 is 27.4 Å². The van der Waals surface area contributed by atoms with E-state index in [4.69, 9.17) is 5.14 Å². The van der Waals surface area contributed by atoms with Crippen LogP contribution in [0.2, 0.25) is 0 Å². The van der Waals surface area contributed by atoms with Crippen LogP contribution >= 0.6 is 0 Å². The van der Waals surface area contributed by atoms with Crippen molar-refractivity contribution >= 4 is 11.0 Å². The van der Waals surface area contributed by atoms with Gasteiger partial charge in [-0.2, -0.15) is 0 Å². The first-order chi connectivity index (χ1) is 8.76. The van der Waals surface area contributed by atoms with Crippen molar-refractivity contribution in [2.75, 3.05) is 0 Å². The molecule has 0 aliphatic rings. The Balaban J connectivity index is 3.06. The molecule has 5 heteroatoms. The number of rotatable bonds is 6. The molecule has 1 unspecified atom stereocenters. The fraction of sp³-hybridized carbons (Fsp3) is 0.429. The van der Waals surface area contributed by atoms with Crippen LogP contribution in [0.25, 0.3) is 0 Å². The van der Waals surface area contributed by atoms with Crippen LogP contribution in [0.4, 0.5) is 8.78 Å². The molecule has 0 saturated heterocycles. The molecule has 0 radical (unpaired) electrons. The maximum Gasteiger partial charge on any atom is 0.126 e. The Labute approximate surface area is 115 Å². The first kappa shape index (κ1) is 16.0. The lowest BCUT2D eigenvalue weighted by Gasteiger charge is -2.27.